The highest BCUT2D eigenvalue weighted by molar-refractivity contribution is 6.25. The van der Waals surface area contributed by atoms with Gasteiger partial charge in [0.05, 0.1) is 11.1 Å². The first-order valence-electron chi connectivity index (χ1n) is 21.0. The number of hydrogen-bond acceptors (Lipinski definition) is 8. The summed E-state index contributed by atoms with van der Waals surface area (Å²) in [6, 6.07) is 33.3. The van der Waals surface area contributed by atoms with Gasteiger partial charge in [-0.25, -0.2) is 0 Å². The number of carbonyl (C=O) groups excluding carboxylic acids is 5. The summed E-state index contributed by atoms with van der Waals surface area (Å²) in [6.07, 6.45) is 4.92. The van der Waals surface area contributed by atoms with Crippen molar-refractivity contribution in [3.05, 3.63) is 131 Å². The Bertz CT molecular complexity index is 2190. The van der Waals surface area contributed by atoms with Gasteiger partial charge in [-0.1, -0.05) is 91.7 Å². The standard InChI is InChI=1S/C48H52ClN5O6/c49-26-25-38(34-12-5-3-6-13-34)44(35-14-7-4-8-15-35)36-19-21-37(22-20-36)60-33-32-52-28-30-53(31-29-52)43(56)18-9-1-2-10-27-50-40-17-11-16-39-45(40)48(59)54(47(39)58)41-23-24-42(55)51-46(41)57/h3-8,11-17,19-22,41,50H,1-2,9-10,18,23-33H2,(H,51,55,57)/b44-38-. The summed E-state index contributed by atoms with van der Waals surface area (Å²) in [5.74, 6) is -0.531. The van der Waals surface area contributed by atoms with Gasteiger partial charge in [-0.15, -0.1) is 11.6 Å². The van der Waals surface area contributed by atoms with Gasteiger partial charge in [-0.05, 0) is 77.8 Å². The van der Waals surface area contributed by atoms with Gasteiger partial charge in [-0.2, -0.15) is 0 Å². The maximum atomic E-state index is 13.3. The van der Waals surface area contributed by atoms with Crippen LogP contribution in [0, 0.1) is 0 Å². The Hall–Kier alpha value is -5.78. The van der Waals surface area contributed by atoms with Crippen molar-refractivity contribution < 1.29 is 28.7 Å². The molecule has 3 heterocycles. The first-order valence-corrected chi connectivity index (χ1v) is 21.6. The van der Waals surface area contributed by atoms with Crippen molar-refractivity contribution in [3.8, 4) is 5.75 Å². The lowest BCUT2D eigenvalue weighted by molar-refractivity contribution is -0.136. The Labute approximate surface area is 356 Å². The number of allylic oxidation sites excluding steroid dienone is 1. The molecule has 12 heteroatoms. The number of hydrogen-bond donors (Lipinski definition) is 2. The zero-order chi connectivity index (χ0) is 41.8. The number of anilines is 1. The van der Waals surface area contributed by atoms with E-state index < -0.39 is 29.7 Å². The first-order chi connectivity index (χ1) is 29.3. The number of benzene rings is 4. The molecule has 7 rings (SSSR count). The van der Waals surface area contributed by atoms with Crippen LogP contribution in [-0.2, 0) is 14.4 Å². The Morgan fingerprint density at radius 3 is 2.12 bits per heavy atom. The number of piperidine rings is 1. The zero-order valence-electron chi connectivity index (χ0n) is 33.9. The summed E-state index contributed by atoms with van der Waals surface area (Å²) in [5, 5.41) is 5.52. The SMILES string of the molecule is O=C1CCC(N2C(=O)c3cccc(NCCCCCCC(=O)N4CCN(CCOc5ccc(/C(=C(/CCCl)c6ccccc6)c6ccccc6)cc5)CC4)c3C2=O)C(=O)N1. The number of fused-ring (bicyclic) bond motifs is 1. The third-order valence-electron chi connectivity index (χ3n) is 11.5. The molecule has 0 radical (unpaired) electrons. The van der Waals surface area contributed by atoms with Crippen LogP contribution in [0.4, 0.5) is 5.69 Å². The van der Waals surface area contributed by atoms with Crippen molar-refractivity contribution in [2.24, 2.45) is 0 Å². The van der Waals surface area contributed by atoms with Gasteiger partial charge >= 0.3 is 0 Å². The van der Waals surface area contributed by atoms with Crippen LogP contribution >= 0.6 is 11.6 Å². The zero-order valence-corrected chi connectivity index (χ0v) is 34.6. The maximum Gasteiger partial charge on any atom is 0.264 e. The van der Waals surface area contributed by atoms with Crippen LogP contribution in [0.15, 0.2) is 103 Å². The van der Waals surface area contributed by atoms with Gasteiger partial charge in [0.15, 0.2) is 0 Å². The number of imide groups is 2. The molecule has 0 aliphatic carbocycles. The predicted molar refractivity (Wildman–Crippen MR) is 234 cm³/mol. The quantitative estimate of drug-likeness (QED) is 0.0465. The number of unbranched alkanes of at least 4 members (excludes halogenated alkanes) is 3. The minimum Gasteiger partial charge on any atom is -0.492 e. The molecule has 2 fully saturated rings. The van der Waals surface area contributed by atoms with E-state index in [2.05, 4.69) is 76.2 Å². The maximum absolute atomic E-state index is 13.3. The molecule has 1 atom stereocenters. The van der Waals surface area contributed by atoms with Gasteiger partial charge < -0.3 is 15.0 Å². The molecule has 3 aliphatic rings. The number of nitrogens with zero attached hydrogens (tertiary/aromatic N) is 3. The second-order valence-electron chi connectivity index (χ2n) is 15.4. The van der Waals surface area contributed by atoms with Crippen LogP contribution in [-0.4, -0.2) is 102 Å². The number of piperazine rings is 1. The van der Waals surface area contributed by atoms with Crippen molar-refractivity contribution in [1.82, 2.24) is 20.0 Å². The van der Waals surface area contributed by atoms with Crippen molar-refractivity contribution >= 4 is 58.0 Å². The molecular formula is C48H52ClN5O6. The molecule has 1 unspecified atom stereocenters. The average molecular weight is 830 g/mol. The lowest BCUT2D eigenvalue weighted by Crippen LogP contribution is -2.54. The molecule has 0 aromatic heterocycles. The smallest absolute Gasteiger partial charge is 0.264 e. The van der Waals surface area contributed by atoms with E-state index in [1.165, 1.54) is 16.7 Å². The average Bonchev–Trinajstić information content (AvgIpc) is 3.53. The number of amides is 5. The minimum absolute atomic E-state index is 0.0773. The second kappa shape index (κ2) is 20.5. The molecule has 11 nitrogen and oxygen atoms in total. The summed E-state index contributed by atoms with van der Waals surface area (Å²) < 4.78 is 6.18. The fraction of sp³-hybridized carbons (Fsp3) is 0.354. The first kappa shape index (κ1) is 42.3. The van der Waals surface area contributed by atoms with Crippen LogP contribution in [0.3, 0.4) is 0 Å². The third kappa shape index (κ3) is 10.1. The Morgan fingerprint density at radius 2 is 1.42 bits per heavy atom. The monoisotopic (exact) mass is 829 g/mol. The van der Waals surface area contributed by atoms with Crippen molar-refractivity contribution in [2.45, 2.75) is 57.4 Å². The summed E-state index contributed by atoms with van der Waals surface area (Å²) in [7, 11) is 0. The lowest BCUT2D eigenvalue weighted by Gasteiger charge is -2.34. The van der Waals surface area contributed by atoms with Gasteiger partial charge in [0, 0.05) is 63.7 Å². The fourth-order valence-electron chi connectivity index (χ4n) is 8.30. The topological polar surface area (TPSA) is 128 Å². The minimum atomic E-state index is -0.996. The summed E-state index contributed by atoms with van der Waals surface area (Å²) in [6.45, 7) is 5.00. The van der Waals surface area contributed by atoms with Crippen LogP contribution in [0.1, 0.15) is 88.8 Å². The van der Waals surface area contributed by atoms with E-state index in [-0.39, 0.29) is 29.9 Å². The van der Waals surface area contributed by atoms with E-state index in [1.54, 1.807) is 18.2 Å². The molecule has 2 N–H and O–H groups in total. The van der Waals surface area contributed by atoms with E-state index in [0.717, 1.165) is 73.5 Å². The normalized spacial score (nSPS) is 17.3. The highest BCUT2D eigenvalue weighted by atomic mass is 35.5. The Morgan fingerprint density at radius 1 is 0.733 bits per heavy atom. The fourth-order valence-corrected chi connectivity index (χ4v) is 8.49. The molecule has 0 saturated carbocycles. The highest BCUT2D eigenvalue weighted by Gasteiger charge is 2.45. The van der Waals surface area contributed by atoms with Crippen LogP contribution in [0.25, 0.3) is 11.1 Å². The van der Waals surface area contributed by atoms with E-state index in [0.29, 0.717) is 44.2 Å². The number of ether oxygens (including phenoxy) is 1. The summed E-state index contributed by atoms with van der Waals surface area (Å²) >= 11 is 6.32. The van der Waals surface area contributed by atoms with Gasteiger partial charge in [0.25, 0.3) is 11.8 Å². The molecule has 3 aliphatic heterocycles. The lowest BCUT2D eigenvalue weighted by atomic mass is 9.88. The second-order valence-corrected chi connectivity index (χ2v) is 15.8. The third-order valence-corrected chi connectivity index (χ3v) is 11.7. The van der Waals surface area contributed by atoms with Crippen molar-refractivity contribution in [1.29, 1.82) is 0 Å². The predicted octanol–water partition coefficient (Wildman–Crippen LogP) is 7.26. The molecule has 0 spiro atoms. The number of halogens is 1. The summed E-state index contributed by atoms with van der Waals surface area (Å²) in [4.78, 5) is 68.7. The molecule has 60 heavy (non-hydrogen) atoms. The van der Waals surface area contributed by atoms with E-state index >= 15 is 0 Å². The molecule has 2 saturated heterocycles. The van der Waals surface area contributed by atoms with E-state index in [4.69, 9.17) is 16.3 Å². The van der Waals surface area contributed by atoms with Gasteiger partial charge in [-0.3, -0.25) is 39.1 Å². The van der Waals surface area contributed by atoms with Crippen LogP contribution < -0.4 is 15.4 Å². The molecule has 5 amide bonds. The number of nitrogens with one attached hydrogen (secondary N) is 2. The molecular weight excluding hydrogens is 778 g/mol. The number of alkyl halides is 1. The van der Waals surface area contributed by atoms with Gasteiger partial charge in [0.2, 0.25) is 17.7 Å². The van der Waals surface area contributed by atoms with Crippen LogP contribution in [0.5, 0.6) is 5.75 Å². The van der Waals surface area contributed by atoms with Gasteiger partial charge in [0.1, 0.15) is 18.4 Å². The summed E-state index contributed by atoms with van der Waals surface area (Å²) in [5.41, 5.74) is 6.88. The Kier molecular flexibility index (Phi) is 14.4. The van der Waals surface area contributed by atoms with Crippen molar-refractivity contribution in [2.75, 3.05) is 57.1 Å². The molecule has 4 aromatic carbocycles. The van der Waals surface area contributed by atoms with E-state index in [1.807, 2.05) is 29.2 Å². The Balaban J connectivity index is 0.799. The number of rotatable bonds is 18. The van der Waals surface area contributed by atoms with Crippen molar-refractivity contribution in [3.63, 3.8) is 0 Å². The van der Waals surface area contributed by atoms with Crippen LogP contribution in [0.2, 0.25) is 0 Å². The highest BCUT2D eigenvalue weighted by Crippen LogP contribution is 2.36. The molecule has 312 valence electrons. The molecule has 0 bridgehead atoms. The largest absolute Gasteiger partial charge is 0.492 e. The number of carbonyl (C=O) groups is 5. The van der Waals surface area contributed by atoms with E-state index in [9.17, 15) is 24.0 Å². The molecule has 4 aromatic rings.